The van der Waals surface area contributed by atoms with Crippen LogP contribution in [0.3, 0.4) is 0 Å². The minimum Gasteiger partial charge on any atom is -0.483 e. The molecule has 3 atom stereocenters. The molecule has 0 spiro atoms. The van der Waals surface area contributed by atoms with Crippen molar-refractivity contribution in [3.63, 3.8) is 0 Å². The topological polar surface area (TPSA) is 146 Å². The molecule has 1 aliphatic rings. The van der Waals surface area contributed by atoms with Crippen LogP contribution >= 0.6 is 0 Å². The van der Waals surface area contributed by atoms with Gasteiger partial charge >= 0.3 is 0 Å². The summed E-state index contributed by atoms with van der Waals surface area (Å²) in [6, 6.07) is 4.89. The second kappa shape index (κ2) is 10.9. The zero-order valence-corrected chi connectivity index (χ0v) is 16.1. The van der Waals surface area contributed by atoms with Crippen molar-refractivity contribution in [3.05, 3.63) is 48.0 Å². The van der Waals surface area contributed by atoms with Gasteiger partial charge in [0.05, 0.1) is 12.1 Å². The van der Waals surface area contributed by atoms with E-state index in [2.05, 4.69) is 20.7 Å². The van der Waals surface area contributed by atoms with Crippen molar-refractivity contribution < 1.29 is 24.6 Å². The van der Waals surface area contributed by atoms with Crippen molar-refractivity contribution in [2.45, 2.75) is 45.0 Å². The SMILES string of the molecule is CCn1nccc1C(=O)N[C@H]1C[C@H](C(=O)NCc2cccnc2)C[C@@H]1O.O=CO. The van der Waals surface area contributed by atoms with E-state index in [1.165, 1.54) is 0 Å². The summed E-state index contributed by atoms with van der Waals surface area (Å²) in [5.41, 5.74) is 1.36. The predicted octanol–water partition coefficient (Wildman–Crippen LogP) is 0.185. The quantitative estimate of drug-likeness (QED) is 0.503. The van der Waals surface area contributed by atoms with E-state index in [1.54, 1.807) is 29.3 Å². The highest BCUT2D eigenvalue weighted by molar-refractivity contribution is 5.92. The lowest BCUT2D eigenvalue weighted by Gasteiger charge is -2.16. The van der Waals surface area contributed by atoms with Gasteiger partial charge in [0.25, 0.3) is 12.4 Å². The Kier molecular flexibility index (Phi) is 8.28. The lowest BCUT2D eigenvalue weighted by Crippen LogP contribution is -2.40. The lowest BCUT2D eigenvalue weighted by molar-refractivity contribution is -0.125. The molecule has 1 saturated carbocycles. The summed E-state index contributed by atoms with van der Waals surface area (Å²) in [5, 5.41) is 26.9. The molecule has 2 aromatic heterocycles. The van der Waals surface area contributed by atoms with Crippen molar-refractivity contribution in [2.24, 2.45) is 5.92 Å². The van der Waals surface area contributed by atoms with Gasteiger partial charge in [0.15, 0.2) is 0 Å². The first-order chi connectivity index (χ1) is 14.0. The van der Waals surface area contributed by atoms with Gasteiger partial charge in [-0.25, -0.2) is 0 Å². The maximum Gasteiger partial charge on any atom is 0.290 e. The third-order valence-electron chi connectivity index (χ3n) is 4.65. The van der Waals surface area contributed by atoms with E-state index in [0.29, 0.717) is 31.6 Å². The summed E-state index contributed by atoms with van der Waals surface area (Å²) in [7, 11) is 0. The van der Waals surface area contributed by atoms with Crippen LogP contribution in [0.2, 0.25) is 0 Å². The number of amides is 2. The van der Waals surface area contributed by atoms with Crippen LogP contribution in [0.25, 0.3) is 0 Å². The molecule has 29 heavy (non-hydrogen) atoms. The van der Waals surface area contributed by atoms with Crippen molar-refractivity contribution in [3.8, 4) is 0 Å². The number of carboxylic acid groups (broad SMARTS) is 1. The molecule has 10 heteroatoms. The van der Waals surface area contributed by atoms with Crippen LogP contribution in [0.1, 0.15) is 35.8 Å². The van der Waals surface area contributed by atoms with E-state index < -0.39 is 12.1 Å². The van der Waals surface area contributed by atoms with Gasteiger partial charge in [-0.15, -0.1) is 0 Å². The van der Waals surface area contributed by atoms with Crippen molar-refractivity contribution >= 4 is 18.3 Å². The van der Waals surface area contributed by atoms with Crippen LogP contribution in [0.15, 0.2) is 36.8 Å². The van der Waals surface area contributed by atoms with E-state index in [9.17, 15) is 14.7 Å². The second-order valence-corrected chi connectivity index (χ2v) is 6.53. The van der Waals surface area contributed by atoms with Crippen LogP contribution < -0.4 is 10.6 Å². The second-order valence-electron chi connectivity index (χ2n) is 6.53. The number of rotatable bonds is 6. The molecule has 0 saturated heterocycles. The number of aliphatic hydroxyl groups is 1. The van der Waals surface area contributed by atoms with E-state index in [1.807, 2.05) is 19.1 Å². The number of carbonyl (C=O) groups is 3. The van der Waals surface area contributed by atoms with Crippen LogP contribution in [-0.4, -0.2) is 55.4 Å². The molecule has 0 radical (unpaired) electrons. The van der Waals surface area contributed by atoms with Gasteiger partial charge < -0.3 is 20.8 Å². The van der Waals surface area contributed by atoms with E-state index >= 15 is 0 Å². The van der Waals surface area contributed by atoms with Gasteiger partial charge in [0.2, 0.25) is 5.91 Å². The Bertz CT molecular complexity index is 810. The van der Waals surface area contributed by atoms with Crippen LogP contribution in [-0.2, 0) is 22.7 Å². The van der Waals surface area contributed by atoms with Gasteiger partial charge in [-0.05, 0) is 37.5 Å². The molecule has 0 aromatic carbocycles. The molecule has 2 aromatic rings. The van der Waals surface area contributed by atoms with Gasteiger partial charge in [-0.3, -0.25) is 24.0 Å². The fourth-order valence-electron chi connectivity index (χ4n) is 3.24. The highest BCUT2D eigenvalue weighted by Crippen LogP contribution is 2.26. The molecular formula is C19H25N5O5. The van der Waals surface area contributed by atoms with Crippen molar-refractivity contribution in [1.82, 2.24) is 25.4 Å². The maximum absolute atomic E-state index is 12.4. The van der Waals surface area contributed by atoms with Gasteiger partial charge in [0, 0.05) is 37.6 Å². The number of aromatic nitrogens is 3. The molecule has 0 aliphatic heterocycles. The summed E-state index contributed by atoms with van der Waals surface area (Å²) in [4.78, 5) is 37.1. The van der Waals surface area contributed by atoms with Crippen LogP contribution in [0.5, 0.6) is 0 Å². The van der Waals surface area contributed by atoms with E-state index in [-0.39, 0.29) is 24.2 Å². The number of carbonyl (C=O) groups excluding carboxylic acids is 2. The fourth-order valence-corrected chi connectivity index (χ4v) is 3.24. The summed E-state index contributed by atoms with van der Waals surface area (Å²) in [6.07, 6.45) is 4.94. The minimum absolute atomic E-state index is 0.122. The molecule has 0 bridgehead atoms. The number of hydrogen-bond donors (Lipinski definition) is 4. The largest absolute Gasteiger partial charge is 0.483 e. The van der Waals surface area contributed by atoms with Crippen molar-refractivity contribution in [2.75, 3.05) is 0 Å². The summed E-state index contributed by atoms with van der Waals surface area (Å²) in [6.45, 7) is 2.63. The Morgan fingerprint density at radius 2 is 2.07 bits per heavy atom. The van der Waals surface area contributed by atoms with Gasteiger partial charge in [-0.1, -0.05) is 6.07 Å². The first-order valence-electron chi connectivity index (χ1n) is 9.25. The molecule has 0 unspecified atom stereocenters. The normalized spacial score (nSPS) is 20.3. The standard InChI is InChI=1S/C18H23N5O3.CH2O2/c1-2-23-15(5-7-21-23)18(26)22-14-8-13(9-16(14)24)17(25)20-11-12-4-3-6-19-10-12;2-1-3/h3-7,10,13-14,16,24H,2,8-9,11H2,1H3,(H,20,25)(H,22,26);1H,(H,2,3)/t13-,14-,16-;/m0./s1. The number of aliphatic hydroxyl groups excluding tert-OH is 1. The zero-order chi connectivity index (χ0) is 21.2. The number of pyridine rings is 1. The monoisotopic (exact) mass is 403 g/mol. The third kappa shape index (κ3) is 6.11. The van der Waals surface area contributed by atoms with Gasteiger partial charge in [0.1, 0.15) is 5.69 Å². The molecule has 2 amide bonds. The third-order valence-corrected chi connectivity index (χ3v) is 4.65. The molecule has 3 rings (SSSR count). The van der Waals surface area contributed by atoms with E-state index in [0.717, 1.165) is 5.56 Å². The smallest absolute Gasteiger partial charge is 0.290 e. The first kappa shape index (κ1) is 22.0. The van der Waals surface area contributed by atoms with Gasteiger partial charge in [-0.2, -0.15) is 5.10 Å². The average Bonchev–Trinajstić information content (AvgIpc) is 3.34. The Balaban J connectivity index is 0.000000941. The summed E-state index contributed by atoms with van der Waals surface area (Å²) < 4.78 is 1.59. The Labute approximate surface area is 168 Å². The molecule has 10 nitrogen and oxygen atoms in total. The molecule has 1 fully saturated rings. The number of hydrogen-bond acceptors (Lipinski definition) is 6. The minimum atomic E-state index is -0.744. The van der Waals surface area contributed by atoms with Crippen LogP contribution in [0, 0.1) is 5.92 Å². The number of nitrogens with zero attached hydrogens (tertiary/aromatic N) is 3. The average molecular weight is 403 g/mol. The lowest BCUT2D eigenvalue weighted by atomic mass is 10.1. The molecule has 1 aliphatic carbocycles. The Morgan fingerprint density at radius 3 is 2.72 bits per heavy atom. The molecule has 156 valence electrons. The number of nitrogens with one attached hydrogen (secondary N) is 2. The highest BCUT2D eigenvalue weighted by atomic mass is 16.3. The van der Waals surface area contributed by atoms with Crippen LogP contribution in [0.4, 0.5) is 0 Å². The number of aryl methyl sites for hydroxylation is 1. The highest BCUT2D eigenvalue weighted by Gasteiger charge is 2.38. The van der Waals surface area contributed by atoms with E-state index in [4.69, 9.17) is 9.90 Å². The predicted molar refractivity (Wildman–Crippen MR) is 103 cm³/mol. The Morgan fingerprint density at radius 1 is 1.31 bits per heavy atom. The molecule has 4 N–H and O–H groups in total. The first-order valence-corrected chi connectivity index (χ1v) is 9.25. The maximum atomic E-state index is 12.4. The van der Waals surface area contributed by atoms with Crippen molar-refractivity contribution in [1.29, 1.82) is 0 Å². The Hall–Kier alpha value is -3.27. The fraction of sp³-hybridized carbons (Fsp3) is 0.421. The zero-order valence-electron chi connectivity index (χ0n) is 16.1. The summed E-state index contributed by atoms with van der Waals surface area (Å²) in [5.74, 6) is -0.740. The molecular weight excluding hydrogens is 378 g/mol. The molecule has 2 heterocycles. The summed E-state index contributed by atoms with van der Waals surface area (Å²) >= 11 is 0.